The molecule has 2 aromatic rings. The van der Waals surface area contributed by atoms with Crippen LogP contribution in [-0.2, 0) is 0 Å². The van der Waals surface area contributed by atoms with Gasteiger partial charge in [0.25, 0.3) is 0 Å². The molecule has 1 aliphatic carbocycles. The third kappa shape index (κ3) is 2.83. The van der Waals surface area contributed by atoms with E-state index in [2.05, 4.69) is 55.2 Å². The molecule has 0 bridgehead atoms. The Labute approximate surface area is 121 Å². The van der Waals surface area contributed by atoms with Gasteiger partial charge in [-0.15, -0.1) is 0 Å². The molecule has 3 rings (SSSR count). The molecule has 0 amide bonds. The predicted molar refractivity (Wildman–Crippen MR) is 85.3 cm³/mol. The monoisotopic (exact) mass is 258 g/mol. The highest BCUT2D eigenvalue weighted by Crippen LogP contribution is 2.33. The quantitative estimate of drug-likeness (QED) is 0.632. The highest BCUT2D eigenvalue weighted by atomic mass is 14.2. The molecule has 1 saturated carbocycles. The Bertz CT molecular complexity index is 670. The standard InChI is InChI=1S/C20H18/c1-16-10-13-19(14-11-16)20(18-8-5-9-18)15-12-17-6-3-2-4-7-17/h2-4,6-7,10-11,13-14H,5,8-9H2,1H3. The molecule has 0 aromatic heterocycles. The molecular formula is C20H18. The maximum Gasteiger partial charge on any atom is 0.0313 e. The van der Waals surface area contributed by atoms with E-state index in [0.29, 0.717) is 0 Å². The second-order valence-corrected chi connectivity index (χ2v) is 5.31. The fourth-order valence-electron chi connectivity index (χ4n) is 2.34. The summed E-state index contributed by atoms with van der Waals surface area (Å²) in [5.41, 5.74) is 6.38. The summed E-state index contributed by atoms with van der Waals surface area (Å²) in [6.07, 6.45) is 3.71. The molecule has 0 unspecified atom stereocenters. The van der Waals surface area contributed by atoms with E-state index in [0.717, 1.165) is 5.56 Å². The zero-order valence-electron chi connectivity index (χ0n) is 11.8. The summed E-state index contributed by atoms with van der Waals surface area (Å²) in [6.45, 7) is 2.12. The minimum atomic E-state index is 1.08. The molecule has 0 saturated heterocycles. The maximum absolute atomic E-state index is 3.40. The molecule has 0 N–H and O–H groups in total. The van der Waals surface area contributed by atoms with Gasteiger partial charge >= 0.3 is 0 Å². The molecular weight excluding hydrogens is 240 g/mol. The molecule has 0 heterocycles. The molecule has 20 heavy (non-hydrogen) atoms. The lowest BCUT2D eigenvalue weighted by Gasteiger charge is -2.19. The normalized spacial score (nSPS) is 13.2. The number of aryl methyl sites for hydroxylation is 1. The van der Waals surface area contributed by atoms with Crippen LogP contribution >= 0.6 is 0 Å². The summed E-state index contributed by atoms with van der Waals surface area (Å²) in [6, 6.07) is 18.9. The van der Waals surface area contributed by atoms with Crippen molar-refractivity contribution in [2.45, 2.75) is 26.2 Å². The van der Waals surface area contributed by atoms with Gasteiger partial charge in [-0.05, 0) is 43.9 Å². The number of benzene rings is 2. The van der Waals surface area contributed by atoms with E-state index in [-0.39, 0.29) is 0 Å². The molecule has 0 spiro atoms. The Hall–Kier alpha value is -2.26. The Morgan fingerprint density at radius 3 is 2.20 bits per heavy atom. The largest absolute Gasteiger partial charge is 0.0622 e. The van der Waals surface area contributed by atoms with Crippen molar-refractivity contribution in [1.29, 1.82) is 0 Å². The Kier molecular flexibility index (Phi) is 3.70. The van der Waals surface area contributed by atoms with Crippen molar-refractivity contribution in [3.05, 3.63) is 76.9 Å². The van der Waals surface area contributed by atoms with Gasteiger partial charge in [-0.25, -0.2) is 0 Å². The van der Waals surface area contributed by atoms with Gasteiger partial charge in [-0.2, -0.15) is 0 Å². The fraction of sp³-hybridized carbons (Fsp3) is 0.200. The smallest absolute Gasteiger partial charge is 0.0313 e. The van der Waals surface area contributed by atoms with Crippen molar-refractivity contribution >= 4 is 5.57 Å². The zero-order chi connectivity index (χ0) is 13.8. The molecule has 0 radical (unpaired) electrons. The summed E-state index contributed by atoms with van der Waals surface area (Å²) in [4.78, 5) is 0. The van der Waals surface area contributed by atoms with E-state index in [4.69, 9.17) is 0 Å². The summed E-state index contributed by atoms with van der Waals surface area (Å²) in [5, 5.41) is 0. The number of allylic oxidation sites excluding steroid dienone is 2. The minimum Gasteiger partial charge on any atom is -0.0622 e. The van der Waals surface area contributed by atoms with E-state index < -0.39 is 0 Å². The first kappa shape index (κ1) is 12.8. The Morgan fingerprint density at radius 1 is 0.900 bits per heavy atom. The van der Waals surface area contributed by atoms with Gasteiger partial charge in [0, 0.05) is 11.1 Å². The van der Waals surface area contributed by atoms with Crippen molar-refractivity contribution < 1.29 is 0 Å². The van der Waals surface area contributed by atoms with Crippen LogP contribution in [0.25, 0.3) is 5.57 Å². The highest BCUT2D eigenvalue weighted by molar-refractivity contribution is 5.82. The number of rotatable bonds is 1. The van der Waals surface area contributed by atoms with Crippen LogP contribution in [0.1, 0.15) is 36.0 Å². The summed E-state index contributed by atoms with van der Waals surface area (Å²) in [5.74, 6) is 6.70. The van der Waals surface area contributed by atoms with E-state index in [1.54, 1.807) is 0 Å². The Balaban J connectivity index is 1.97. The van der Waals surface area contributed by atoms with Crippen LogP contribution in [0.2, 0.25) is 0 Å². The lowest BCUT2D eigenvalue weighted by molar-refractivity contribution is 0.667. The first-order valence-electron chi connectivity index (χ1n) is 7.19. The lowest BCUT2D eigenvalue weighted by Crippen LogP contribution is -2.01. The fourth-order valence-corrected chi connectivity index (χ4v) is 2.34. The van der Waals surface area contributed by atoms with E-state index in [1.165, 1.54) is 41.5 Å². The van der Waals surface area contributed by atoms with E-state index >= 15 is 0 Å². The van der Waals surface area contributed by atoms with E-state index in [1.807, 2.05) is 18.2 Å². The predicted octanol–water partition coefficient (Wildman–Crippen LogP) is 4.98. The molecule has 1 fully saturated rings. The minimum absolute atomic E-state index is 1.08. The molecule has 0 aliphatic heterocycles. The second-order valence-electron chi connectivity index (χ2n) is 5.31. The highest BCUT2D eigenvalue weighted by Gasteiger charge is 2.14. The topological polar surface area (TPSA) is 0 Å². The molecule has 0 heteroatoms. The van der Waals surface area contributed by atoms with Gasteiger partial charge in [0.1, 0.15) is 0 Å². The van der Waals surface area contributed by atoms with Crippen LogP contribution in [0.3, 0.4) is 0 Å². The first-order chi connectivity index (χ1) is 9.83. The van der Waals surface area contributed by atoms with Crippen molar-refractivity contribution in [1.82, 2.24) is 0 Å². The average molecular weight is 258 g/mol. The van der Waals surface area contributed by atoms with Crippen molar-refractivity contribution in [3.8, 4) is 11.8 Å². The van der Waals surface area contributed by atoms with Crippen LogP contribution < -0.4 is 0 Å². The van der Waals surface area contributed by atoms with Crippen molar-refractivity contribution in [3.63, 3.8) is 0 Å². The molecule has 2 aromatic carbocycles. The van der Waals surface area contributed by atoms with Gasteiger partial charge in [0.05, 0.1) is 0 Å². The molecule has 98 valence electrons. The molecule has 0 atom stereocenters. The Morgan fingerprint density at radius 2 is 1.60 bits per heavy atom. The summed E-state index contributed by atoms with van der Waals surface area (Å²) >= 11 is 0. The van der Waals surface area contributed by atoms with Gasteiger partial charge in [-0.1, -0.05) is 65.4 Å². The van der Waals surface area contributed by atoms with Crippen LogP contribution in [0, 0.1) is 18.8 Å². The van der Waals surface area contributed by atoms with Gasteiger partial charge < -0.3 is 0 Å². The summed E-state index contributed by atoms with van der Waals surface area (Å²) in [7, 11) is 0. The lowest BCUT2D eigenvalue weighted by atomic mass is 9.85. The molecule has 1 aliphatic rings. The first-order valence-corrected chi connectivity index (χ1v) is 7.19. The van der Waals surface area contributed by atoms with E-state index in [9.17, 15) is 0 Å². The van der Waals surface area contributed by atoms with Crippen LogP contribution in [-0.4, -0.2) is 0 Å². The van der Waals surface area contributed by atoms with Crippen molar-refractivity contribution in [2.75, 3.05) is 0 Å². The summed E-state index contributed by atoms with van der Waals surface area (Å²) < 4.78 is 0. The third-order valence-corrected chi connectivity index (χ3v) is 3.76. The van der Waals surface area contributed by atoms with Crippen LogP contribution in [0.15, 0.2) is 60.2 Å². The SMILES string of the molecule is Cc1ccc(C(C#Cc2ccccc2)=C2CCC2)cc1. The second kappa shape index (κ2) is 5.80. The van der Waals surface area contributed by atoms with Crippen LogP contribution in [0.4, 0.5) is 0 Å². The van der Waals surface area contributed by atoms with Gasteiger partial charge in [0.2, 0.25) is 0 Å². The van der Waals surface area contributed by atoms with Gasteiger partial charge in [-0.3, -0.25) is 0 Å². The number of hydrogen-bond acceptors (Lipinski definition) is 0. The van der Waals surface area contributed by atoms with Gasteiger partial charge in [0.15, 0.2) is 0 Å². The maximum atomic E-state index is 3.40. The zero-order valence-corrected chi connectivity index (χ0v) is 11.8. The number of hydrogen-bond donors (Lipinski definition) is 0. The third-order valence-electron chi connectivity index (χ3n) is 3.76. The molecule has 0 nitrogen and oxygen atoms in total. The average Bonchev–Trinajstić information content (AvgIpc) is 2.43. The van der Waals surface area contributed by atoms with Crippen LogP contribution in [0.5, 0.6) is 0 Å². The van der Waals surface area contributed by atoms with Crippen molar-refractivity contribution in [2.24, 2.45) is 0 Å².